The summed E-state index contributed by atoms with van der Waals surface area (Å²) in [4.78, 5) is 28.3. The van der Waals surface area contributed by atoms with E-state index in [4.69, 9.17) is 0 Å². The van der Waals surface area contributed by atoms with Crippen molar-refractivity contribution in [1.82, 2.24) is 19.5 Å². The first-order valence-electron chi connectivity index (χ1n) is 6.50. The Balaban J connectivity index is 2.46. The molecule has 3 aromatic heterocycles. The van der Waals surface area contributed by atoms with Crippen molar-refractivity contribution in [2.24, 2.45) is 0 Å². The average molecular weight is 301 g/mol. The molecule has 0 unspecified atom stereocenters. The maximum Gasteiger partial charge on any atom is 0.275 e. The van der Waals surface area contributed by atoms with E-state index in [1.165, 1.54) is 17.7 Å². The quantitative estimate of drug-likeness (QED) is 0.727. The molecule has 0 amide bonds. The molecule has 3 heterocycles. The summed E-state index contributed by atoms with van der Waals surface area (Å²) in [6.45, 7) is 3.78. The smallest absolute Gasteiger partial charge is 0.275 e. The van der Waals surface area contributed by atoms with Crippen molar-refractivity contribution in [3.63, 3.8) is 0 Å². The monoisotopic (exact) mass is 301 g/mol. The van der Waals surface area contributed by atoms with E-state index in [0.717, 1.165) is 21.7 Å². The molecule has 108 valence electrons. The van der Waals surface area contributed by atoms with Gasteiger partial charge in [-0.2, -0.15) is 0 Å². The molecule has 7 heteroatoms. The Kier molecular flexibility index (Phi) is 3.21. The van der Waals surface area contributed by atoms with Crippen molar-refractivity contribution in [1.29, 1.82) is 0 Å². The van der Waals surface area contributed by atoms with E-state index in [1.807, 2.05) is 38.9 Å². The van der Waals surface area contributed by atoms with Crippen LogP contribution in [0, 0.1) is 0 Å². The van der Waals surface area contributed by atoms with Gasteiger partial charge >= 0.3 is 0 Å². The predicted molar refractivity (Wildman–Crippen MR) is 86.9 cm³/mol. The fraction of sp³-hybridized carbons (Fsp3) is 0.286. The van der Waals surface area contributed by atoms with E-state index in [-0.39, 0.29) is 5.56 Å². The predicted octanol–water partition coefficient (Wildman–Crippen LogP) is 2.35. The number of allylic oxidation sites excluding steroid dienone is 2. The molecule has 0 aliphatic carbocycles. The minimum Gasteiger partial charge on any atom is -0.362 e. The highest BCUT2D eigenvalue weighted by Gasteiger charge is 2.17. The number of hydrogen-bond donors (Lipinski definition) is 0. The first-order valence-corrected chi connectivity index (χ1v) is 7.31. The number of anilines is 1. The van der Waals surface area contributed by atoms with Crippen molar-refractivity contribution < 1.29 is 0 Å². The normalized spacial score (nSPS) is 12.3. The lowest BCUT2D eigenvalue weighted by molar-refractivity contribution is 0.980. The molecule has 0 radical (unpaired) electrons. The van der Waals surface area contributed by atoms with Crippen LogP contribution in [-0.4, -0.2) is 33.6 Å². The van der Waals surface area contributed by atoms with Crippen LogP contribution in [0.1, 0.15) is 13.8 Å². The topological polar surface area (TPSA) is 63.9 Å². The highest BCUT2D eigenvalue weighted by molar-refractivity contribution is 7.25. The minimum atomic E-state index is -0.0664. The third-order valence-electron chi connectivity index (χ3n) is 3.38. The molecule has 21 heavy (non-hydrogen) atoms. The van der Waals surface area contributed by atoms with Gasteiger partial charge in [-0.25, -0.2) is 15.0 Å². The molecule has 0 atom stereocenters. The Bertz CT molecular complexity index is 922. The molecule has 0 N–H and O–H groups in total. The van der Waals surface area contributed by atoms with Gasteiger partial charge in [0.1, 0.15) is 33.5 Å². The second-order valence-electron chi connectivity index (χ2n) is 4.90. The Morgan fingerprint density at radius 1 is 1.33 bits per heavy atom. The van der Waals surface area contributed by atoms with E-state index in [2.05, 4.69) is 15.0 Å². The second-order valence-corrected chi connectivity index (χ2v) is 5.90. The van der Waals surface area contributed by atoms with E-state index < -0.39 is 0 Å². The standard InChI is InChI=1S/C14H15N5OS/c1-5-8(2)19-7-17-10-9-12(18(3)4)15-6-16-13(9)21-11(10)14(19)20/h5-7H,1-4H3/b8-5+. The Hall–Kier alpha value is -2.28. The lowest BCUT2D eigenvalue weighted by Gasteiger charge is -2.11. The fourth-order valence-corrected chi connectivity index (χ4v) is 3.20. The van der Waals surface area contributed by atoms with Gasteiger partial charge in [-0.05, 0) is 13.8 Å². The molecule has 0 bridgehead atoms. The summed E-state index contributed by atoms with van der Waals surface area (Å²) in [6, 6.07) is 0. The zero-order valence-electron chi connectivity index (χ0n) is 12.3. The SMILES string of the molecule is C/C=C(\C)n1cnc2c(sc3ncnc(N(C)C)c32)c1=O. The fourth-order valence-electron chi connectivity index (χ4n) is 2.18. The van der Waals surface area contributed by atoms with E-state index in [1.54, 1.807) is 10.9 Å². The molecule has 0 fully saturated rings. The average Bonchev–Trinajstić information content (AvgIpc) is 2.86. The number of rotatable bonds is 2. The Morgan fingerprint density at radius 2 is 2.10 bits per heavy atom. The highest BCUT2D eigenvalue weighted by Crippen LogP contribution is 2.33. The van der Waals surface area contributed by atoms with Gasteiger partial charge in [0.2, 0.25) is 0 Å². The van der Waals surface area contributed by atoms with Gasteiger partial charge in [0.05, 0.1) is 5.39 Å². The molecule has 0 saturated carbocycles. The van der Waals surface area contributed by atoms with Gasteiger partial charge in [0, 0.05) is 19.8 Å². The number of thiophene rings is 1. The maximum absolute atomic E-state index is 12.6. The molecule has 0 aliphatic heterocycles. The van der Waals surface area contributed by atoms with Crippen LogP contribution in [0.15, 0.2) is 23.5 Å². The molecule has 0 saturated heterocycles. The molecule has 0 spiro atoms. The molecule has 3 aromatic rings. The van der Waals surface area contributed by atoms with Gasteiger partial charge in [-0.15, -0.1) is 11.3 Å². The van der Waals surface area contributed by atoms with Gasteiger partial charge < -0.3 is 4.90 Å². The molecular weight excluding hydrogens is 286 g/mol. The van der Waals surface area contributed by atoms with Crippen LogP contribution in [-0.2, 0) is 0 Å². The van der Waals surface area contributed by atoms with Crippen molar-refractivity contribution >= 4 is 43.3 Å². The van der Waals surface area contributed by atoms with Gasteiger partial charge in [0.15, 0.2) is 0 Å². The highest BCUT2D eigenvalue weighted by atomic mass is 32.1. The Morgan fingerprint density at radius 3 is 2.76 bits per heavy atom. The first-order chi connectivity index (χ1) is 10.0. The minimum absolute atomic E-state index is 0.0664. The summed E-state index contributed by atoms with van der Waals surface area (Å²) in [5, 5.41) is 0.838. The van der Waals surface area contributed by atoms with E-state index >= 15 is 0 Å². The van der Waals surface area contributed by atoms with Crippen LogP contribution in [0.25, 0.3) is 26.1 Å². The van der Waals surface area contributed by atoms with Crippen molar-refractivity contribution in [3.8, 4) is 0 Å². The Labute approximate surface area is 125 Å². The third kappa shape index (κ3) is 2.01. The maximum atomic E-state index is 12.6. The van der Waals surface area contributed by atoms with E-state index in [9.17, 15) is 4.79 Å². The lowest BCUT2D eigenvalue weighted by atomic mass is 10.3. The van der Waals surface area contributed by atoms with Crippen LogP contribution in [0.5, 0.6) is 0 Å². The number of hydrogen-bond acceptors (Lipinski definition) is 6. The molecular formula is C14H15N5OS. The lowest BCUT2D eigenvalue weighted by Crippen LogP contribution is -2.18. The summed E-state index contributed by atoms with van der Waals surface area (Å²) >= 11 is 1.36. The molecule has 3 rings (SSSR count). The van der Waals surface area contributed by atoms with Crippen LogP contribution in [0.4, 0.5) is 5.82 Å². The number of fused-ring (bicyclic) bond motifs is 3. The number of nitrogens with zero attached hydrogens (tertiary/aromatic N) is 5. The van der Waals surface area contributed by atoms with Gasteiger partial charge in [-0.1, -0.05) is 6.08 Å². The first kappa shape index (κ1) is 13.7. The van der Waals surface area contributed by atoms with E-state index in [0.29, 0.717) is 10.2 Å². The summed E-state index contributed by atoms with van der Waals surface area (Å²) in [7, 11) is 3.83. The van der Waals surface area contributed by atoms with Crippen LogP contribution in [0.2, 0.25) is 0 Å². The van der Waals surface area contributed by atoms with Crippen LogP contribution < -0.4 is 10.5 Å². The zero-order valence-corrected chi connectivity index (χ0v) is 13.1. The molecule has 0 aliphatic rings. The summed E-state index contributed by atoms with van der Waals surface area (Å²) in [6.07, 6.45) is 4.97. The largest absolute Gasteiger partial charge is 0.362 e. The van der Waals surface area contributed by atoms with Crippen molar-refractivity contribution in [2.75, 3.05) is 19.0 Å². The molecule has 0 aromatic carbocycles. The van der Waals surface area contributed by atoms with Crippen molar-refractivity contribution in [2.45, 2.75) is 13.8 Å². The van der Waals surface area contributed by atoms with Crippen LogP contribution >= 0.6 is 11.3 Å². The summed E-state index contributed by atoms with van der Waals surface area (Å²) in [5.74, 6) is 0.777. The third-order valence-corrected chi connectivity index (χ3v) is 4.45. The van der Waals surface area contributed by atoms with Crippen LogP contribution in [0.3, 0.4) is 0 Å². The second kappa shape index (κ2) is 4.92. The zero-order chi connectivity index (χ0) is 15.1. The summed E-state index contributed by atoms with van der Waals surface area (Å²) in [5.41, 5.74) is 1.46. The number of aromatic nitrogens is 4. The summed E-state index contributed by atoms with van der Waals surface area (Å²) < 4.78 is 2.16. The van der Waals surface area contributed by atoms with Gasteiger partial charge in [0.25, 0.3) is 5.56 Å². The van der Waals surface area contributed by atoms with Crippen molar-refractivity contribution in [3.05, 3.63) is 29.1 Å². The molecule has 6 nitrogen and oxygen atoms in total. The van der Waals surface area contributed by atoms with Gasteiger partial charge in [-0.3, -0.25) is 9.36 Å².